The van der Waals surface area contributed by atoms with E-state index in [9.17, 15) is 9.59 Å². The van der Waals surface area contributed by atoms with Crippen LogP contribution in [0.4, 0.5) is 10.5 Å². The van der Waals surface area contributed by atoms with Crippen LogP contribution in [0.5, 0.6) is 0 Å². The molecule has 5 nitrogen and oxygen atoms in total. The molecule has 2 rings (SSSR count). The van der Waals surface area contributed by atoms with Crippen molar-refractivity contribution in [3.05, 3.63) is 66.2 Å². The van der Waals surface area contributed by atoms with Crippen molar-refractivity contribution in [1.29, 1.82) is 0 Å². The van der Waals surface area contributed by atoms with Crippen molar-refractivity contribution in [1.82, 2.24) is 4.90 Å². The van der Waals surface area contributed by atoms with E-state index >= 15 is 0 Å². The van der Waals surface area contributed by atoms with Crippen molar-refractivity contribution >= 4 is 17.6 Å². The summed E-state index contributed by atoms with van der Waals surface area (Å²) in [5.74, 6) is -0.425. The number of primary amides is 1. The molecular formula is C17H19N3O2. The number of hydrogen-bond acceptors (Lipinski definition) is 2. The van der Waals surface area contributed by atoms with Crippen molar-refractivity contribution in [3.8, 4) is 0 Å². The summed E-state index contributed by atoms with van der Waals surface area (Å²) in [6.45, 7) is 0.704. The Balaban J connectivity index is 2.05. The third kappa shape index (κ3) is 4.94. The van der Waals surface area contributed by atoms with Crippen LogP contribution in [0.2, 0.25) is 0 Å². The minimum absolute atomic E-state index is 0.134. The predicted octanol–water partition coefficient (Wildman–Crippen LogP) is 2.60. The van der Waals surface area contributed by atoms with E-state index in [0.717, 1.165) is 5.56 Å². The molecule has 2 aromatic carbocycles. The Morgan fingerprint density at radius 2 is 1.55 bits per heavy atom. The third-order valence-corrected chi connectivity index (χ3v) is 3.16. The molecule has 114 valence electrons. The maximum absolute atomic E-state index is 12.4. The van der Waals surface area contributed by atoms with Gasteiger partial charge in [0.25, 0.3) is 0 Å². The number of carbonyl (C=O) groups excluding carboxylic acids is 2. The number of hydrogen-bond donors (Lipinski definition) is 2. The molecule has 0 radical (unpaired) electrons. The number of para-hydroxylation sites is 1. The van der Waals surface area contributed by atoms with Crippen LogP contribution in [0.15, 0.2) is 60.7 Å². The molecule has 3 amide bonds. The maximum atomic E-state index is 12.4. The van der Waals surface area contributed by atoms with Gasteiger partial charge in [-0.25, -0.2) is 4.79 Å². The van der Waals surface area contributed by atoms with Crippen LogP contribution >= 0.6 is 0 Å². The fourth-order valence-electron chi connectivity index (χ4n) is 2.03. The van der Waals surface area contributed by atoms with E-state index in [1.807, 2.05) is 60.7 Å². The van der Waals surface area contributed by atoms with Crippen molar-refractivity contribution in [2.24, 2.45) is 5.73 Å². The summed E-state index contributed by atoms with van der Waals surface area (Å²) in [5, 5.41) is 2.82. The lowest BCUT2D eigenvalue weighted by Crippen LogP contribution is -2.36. The maximum Gasteiger partial charge on any atom is 0.322 e. The van der Waals surface area contributed by atoms with Gasteiger partial charge >= 0.3 is 6.03 Å². The van der Waals surface area contributed by atoms with E-state index in [0.29, 0.717) is 12.2 Å². The first kappa shape index (κ1) is 15.6. The van der Waals surface area contributed by atoms with Gasteiger partial charge in [-0.2, -0.15) is 0 Å². The first-order chi connectivity index (χ1) is 10.6. The van der Waals surface area contributed by atoms with Gasteiger partial charge in [0.2, 0.25) is 5.91 Å². The molecule has 0 heterocycles. The van der Waals surface area contributed by atoms with Gasteiger partial charge in [-0.1, -0.05) is 48.5 Å². The van der Waals surface area contributed by atoms with E-state index < -0.39 is 5.91 Å². The third-order valence-electron chi connectivity index (χ3n) is 3.16. The number of nitrogens with zero attached hydrogens (tertiary/aromatic N) is 1. The lowest BCUT2D eigenvalue weighted by molar-refractivity contribution is -0.118. The molecule has 22 heavy (non-hydrogen) atoms. The molecule has 0 unspecified atom stereocenters. The molecule has 0 spiro atoms. The highest BCUT2D eigenvalue weighted by molar-refractivity contribution is 5.89. The molecule has 2 aromatic rings. The zero-order chi connectivity index (χ0) is 15.8. The number of nitrogens with one attached hydrogen (secondary N) is 1. The van der Waals surface area contributed by atoms with Crippen LogP contribution in [0, 0.1) is 0 Å². The smallest absolute Gasteiger partial charge is 0.322 e. The standard InChI is InChI=1S/C17H19N3O2/c18-16(21)11-12-20(13-14-7-3-1-4-8-14)17(22)19-15-9-5-2-6-10-15/h1-10H,11-13H2,(H2,18,21)(H,19,22). The molecule has 0 saturated carbocycles. The van der Waals surface area contributed by atoms with E-state index in [-0.39, 0.29) is 19.0 Å². The second-order valence-electron chi connectivity index (χ2n) is 4.92. The van der Waals surface area contributed by atoms with E-state index in [2.05, 4.69) is 5.32 Å². The Morgan fingerprint density at radius 1 is 0.955 bits per heavy atom. The normalized spacial score (nSPS) is 10.0. The van der Waals surface area contributed by atoms with E-state index in [4.69, 9.17) is 5.73 Å². The van der Waals surface area contributed by atoms with Crippen molar-refractivity contribution < 1.29 is 9.59 Å². The summed E-state index contributed by atoms with van der Waals surface area (Å²) in [7, 11) is 0. The number of amides is 3. The Bertz CT molecular complexity index is 614. The first-order valence-corrected chi connectivity index (χ1v) is 7.08. The number of urea groups is 1. The van der Waals surface area contributed by atoms with Crippen molar-refractivity contribution in [3.63, 3.8) is 0 Å². The fraction of sp³-hybridized carbons (Fsp3) is 0.176. The van der Waals surface area contributed by atoms with Crippen LogP contribution in [-0.4, -0.2) is 23.4 Å². The quantitative estimate of drug-likeness (QED) is 0.860. The summed E-state index contributed by atoms with van der Waals surface area (Å²) in [6.07, 6.45) is 0.134. The number of rotatable bonds is 6. The highest BCUT2D eigenvalue weighted by Crippen LogP contribution is 2.10. The second-order valence-corrected chi connectivity index (χ2v) is 4.92. The minimum Gasteiger partial charge on any atom is -0.370 e. The second kappa shape index (κ2) is 7.83. The molecule has 0 saturated heterocycles. The monoisotopic (exact) mass is 297 g/mol. The molecular weight excluding hydrogens is 278 g/mol. The molecule has 0 aliphatic carbocycles. The molecule has 0 aliphatic heterocycles. The van der Waals surface area contributed by atoms with Gasteiger partial charge in [0.15, 0.2) is 0 Å². The van der Waals surface area contributed by atoms with E-state index in [1.165, 1.54) is 0 Å². The van der Waals surface area contributed by atoms with Crippen molar-refractivity contribution in [2.45, 2.75) is 13.0 Å². The number of anilines is 1. The topological polar surface area (TPSA) is 75.4 Å². The van der Waals surface area contributed by atoms with Crippen LogP contribution in [0.3, 0.4) is 0 Å². The van der Waals surface area contributed by atoms with Gasteiger partial charge in [0.1, 0.15) is 0 Å². The fourth-order valence-corrected chi connectivity index (χ4v) is 2.03. The summed E-state index contributed by atoms with van der Waals surface area (Å²) >= 11 is 0. The van der Waals surface area contributed by atoms with Crippen LogP contribution in [-0.2, 0) is 11.3 Å². The Morgan fingerprint density at radius 3 is 2.14 bits per heavy atom. The SMILES string of the molecule is NC(=O)CCN(Cc1ccccc1)C(=O)Nc1ccccc1. The minimum atomic E-state index is -0.425. The molecule has 0 aromatic heterocycles. The average molecular weight is 297 g/mol. The lowest BCUT2D eigenvalue weighted by Gasteiger charge is -2.22. The summed E-state index contributed by atoms with van der Waals surface area (Å²) in [6, 6.07) is 18.6. The molecule has 0 atom stereocenters. The van der Waals surface area contributed by atoms with E-state index in [1.54, 1.807) is 4.90 Å². The molecule has 0 bridgehead atoms. The summed E-state index contributed by atoms with van der Waals surface area (Å²) in [4.78, 5) is 25.0. The van der Waals surface area contributed by atoms with Crippen LogP contribution in [0.25, 0.3) is 0 Å². The van der Waals surface area contributed by atoms with Gasteiger partial charge in [-0.3, -0.25) is 4.79 Å². The first-order valence-electron chi connectivity index (χ1n) is 7.08. The molecule has 0 fully saturated rings. The Kier molecular flexibility index (Phi) is 5.54. The van der Waals surface area contributed by atoms with Gasteiger partial charge < -0.3 is 16.0 Å². The molecule has 3 N–H and O–H groups in total. The van der Waals surface area contributed by atoms with Gasteiger partial charge in [-0.05, 0) is 17.7 Å². The zero-order valence-corrected chi connectivity index (χ0v) is 12.2. The Hall–Kier alpha value is -2.82. The summed E-state index contributed by atoms with van der Waals surface area (Å²) < 4.78 is 0. The zero-order valence-electron chi connectivity index (χ0n) is 12.2. The van der Waals surface area contributed by atoms with Gasteiger partial charge in [0, 0.05) is 25.2 Å². The average Bonchev–Trinajstić information content (AvgIpc) is 2.53. The molecule has 0 aliphatic rings. The summed E-state index contributed by atoms with van der Waals surface area (Å²) in [5.41, 5.74) is 6.90. The van der Waals surface area contributed by atoms with Crippen LogP contribution < -0.4 is 11.1 Å². The predicted molar refractivity (Wildman–Crippen MR) is 86.1 cm³/mol. The number of nitrogens with two attached hydrogens (primary N) is 1. The van der Waals surface area contributed by atoms with Crippen molar-refractivity contribution in [2.75, 3.05) is 11.9 Å². The Labute approximate surface area is 129 Å². The van der Waals surface area contributed by atoms with Gasteiger partial charge in [-0.15, -0.1) is 0 Å². The number of benzene rings is 2. The highest BCUT2D eigenvalue weighted by atomic mass is 16.2. The van der Waals surface area contributed by atoms with Gasteiger partial charge in [0.05, 0.1) is 0 Å². The largest absolute Gasteiger partial charge is 0.370 e. The highest BCUT2D eigenvalue weighted by Gasteiger charge is 2.15. The number of carbonyl (C=O) groups is 2. The van der Waals surface area contributed by atoms with Crippen LogP contribution in [0.1, 0.15) is 12.0 Å². The lowest BCUT2D eigenvalue weighted by atomic mass is 10.2. The molecule has 5 heteroatoms.